The molecule has 1 heterocycles. The molecular weight excluding hydrogens is 339 g/mol. The predicted molar refractivity (Wildman–Crippen MR) is 105 cm³/mol. The summed E-state index contributed by atoms with van der Waals surface area (Å²) in [4.78, 5) is 16.3. The molecule has 27 heavy (non-hydrogen) atoms. The first-order valence-electron chi connectivity index (χ1n) is 8.09. The standard InChI is InChI=1S/C19H15BN6O/c1-11-7-14(10-21)8-12(2)16(11)23-19-24-17(18(27)25-26-19)22-15-5-3-13(9-20)4-6-15/h3-8H,1-2H3,(H,25,27)(H2,22,23,24,26). The third-order valence-corrected chi connectivity index (χ3v) is 3.91. The van der Waals surface area contributed by atoms with Gasteiger partial charge < -0.3 is 0 Å². The molecule has 7 nitrogen and oxygen atoms in total. The zero-order valence-electron chi connectivity index (χ0n) is 14.8. The number of hydrogen-bond donors (Lipinski definition) is 3. The van der Waals surface area contributed by atoms with Crippen LogP contribution in [0.3, 0.4) is 0 Å². The van der Waals surface area contributed by atoms with Crippen molar-refractivity contribution in [2.75, 3.05) is 10.6 Å². The first-order valence-corrected chi connectivity index (χ1v) is 8.09. The van der Waals surface area contributed by atoms with Gasteiger partial charge in [0, 0.05) is 0 Å². The van der Waals surface area contributed by atoms with Crippen LogP contribution in [-0.4, -0.2) is 22.5 Å². The molecule has 0 fully saturated rings. The summed E-state index contributed by atoms with van der Waals surface area (Å²) in [7, 11) is 5.34. The van der Waals surface area contributed by atoms with E-state index in [9.17, 15) is 4.79 Å². The van der Waals surface area contributed by atoms with E-state index in [2.05, 4.69) is 37.7 Å². The van der Waals surface area contributed by atoms with Crippen molar-refractivity contribution < 1.29 is 0 Å². The number of rotatable bonds is 4. The number of anilines is 4. The average molecular weight is 354 g/mol. The summed E-state index contributed by atoms with van der Waals surface area (Å²) >= 11 is 0. The van der Waals surface area contributed by atoms with E-state index in [4.69, 9.17) is 12.6 Å². The summed E-state index contributed by atoms with van der Waals surface area (Å²) < 4.78 is 0. The van der Waals surface area contributed by atoms with E-state index < -0.39 is 5.56 Å². The number of aromatic nitrogens is 3. The van der Waals surface area contributed by atoms with Crippen LogP contribution in [0.25, 0.3) is 0 Å². The van der Waals surface area contributed by atoms with E-state index in [-0.39, 0.29) is 11.8 Å². The predicted octanol–water partition coefficient (Wildman–Crippen LogP) is 2.62. The maximum atomic E-state index is 12.0. The minimum atomic E-state index is -0.449. The van der Waals surface area contributed by atoms with Crippen molar-refractivity contribution in [1.29, 1.82) is 5.26 Å². The van der Waals surface area contributed by atoms with Gasteiger partial charge in [-0.15, -0.1) is 0 Å². The quantitative estimate of drug-likeness (QED) is 0.622. The molecule has 1 aromatic heterocycles. The Hall–Kier alpha value is -3.82. The van der Waals surface area contributed by atoms with Crippen LogP contribution in [0.5, 0.6) is 0 Å². The Labute approximate surface area is 156 Å². The van der Waals surface area contributed by atoms with Crippen LogP contribution in [0, 0.1) is 31.0 Å². The molecule has 8 heteroatoms. The molecule has 0 atom stereocenters. The first-order chi connectivity index (χ1) is 13.0. The molecule has 2 aromatic carbocycles. The van der Waals surface area contributed by atoms with E-state index in [1.807, 2.05) is 13.8 Å². The van der Waals surface area contributed by atoms with Gasteiger partial charge in [-0.2, -0.15) is 5.26 Å². The van der Waals surface area contributed by atoms with Gasteiger partial charge in [-0.05, 0) is 26.0 Å². The third-order valence-electron chi connectivity index (χ3n) is 3.91. The van der Waals surface area contributed by atoms with Crippen molar-refractivity contribution in [3.8, 4) is 11.9 Å². The molecular formula is C19H15BN6O. The maximum absolute atomic E-state index is 12.0. The van der Waals surface area contributed by atoms with Crippen LogP contribution < -0.4 is 16.2 Å². The zero-order valence-corrected chi connectivity index (χ0v) is 14.8. The van der Waals surface area contributed by atoms with Gasteiger partial charge in [-0.25, -0.2) is 0 Å². The van der Waals surface area contributed by atoms with E-state index in [1.165, 1.54) is 0 Å². The second-order valence-corrected chi connectivity index (χ2v) is 5.91. The van der Waals surface area contributed by atoms with Crippen LogP contribution in [-0.2, 0) is 0 Å². The summed E-state index contributed by atoms with van der Waals surface area (Å²) in [5.74, 6) is 2.86. The van der Waals surface area contributed by atoms with Gasteiger partial charge in [0.25, 0.3) is 0 Å². The molecule has 0 unspecified atom stereocenters. The molecule has 0 aliphatic carbocycles. The topological polar surface area (TPSA) is 106 Å². The fourth-order valence-corrected chi connectivity index (χ4v) is 2.60. The van der Waals surface area contributed by atoms with Crippen LogP contribution in [0.4, 0.5) is 23.1 Å². The number of nitrogens with one attached hydrogen (secondary N) is 3. The average Bonchev–Trinajstić information content (AvgIpc) is 2.67. The number of aromatic amines is 1. The minimum absolute atomic E-state index is 0.102. The van der Waals surface area contributed by atoms with Crippen LogP contribution in [0.1, 0.15) is 22.3 Å². The van der Waals surface area contributed by atoms with E-state index in [0.29, 0.717) is 11.3 Å². The number of nitrogens with zero attached hydrogens (tertiary/aromatic N) is 3. The molecule has 0 aliphatic rings. The van der Waals surface area contributed by atoms with Crippen molar-refractivity contribution in [1.82, 2.24) is 15.2 Å². The Morgan fingerprint density at radius 2 is 1.74 bits per heavy atom. The van der Waals surface area contributed by atoms with Crippen molar-refractivity contribution in [3.63, 3.8) is 0 Å². The van der Waals surface area contributed by atoms with E-state index in [1.54, 1.807) is 36.4 Å². The molecule has 0 bridgehead atoms. The summed E-state index contributed by atoms with van der Waals surface area (Å²) in [6, 6.07) is 12.7. The Bertz CT molecular complexity index is 1120. The molecule has 3 N–H and O–H groups in total. The Morgan fingerprint density at radius 3 is 2.33 bits per heavy atom. The summed E-state index contributed by atoms with van der Waals surface area (Å²) in [6.07, 6.45) is 0. The summed E-state index contributed by atoms with van der Waals surface area (Å²) in [5, 5.41) is 21.5. The Morgan fingerprint density at radius 1 is 1.07 bits per heavy atom. The first kappa shape index (κ1) is 18.0. The van der Waals surface area contributed by atoms with Crippen molar-refractivity contribution in [2.24, 2.45) is 0 Å². The number of hydrogen-bond acceptors (Lipinski definition) is 6. The number of H-pyrrole nitrogens is 1. The van der Waals surface area contributed by atoms with Gasteiger partial charge >= 0.3 is 113 Å². The second-order valence-electron chi connectivity index (χ2n) is 5.91. The summed E-state index contributed by atoms with van der Waals surface area (Å²) in [6.45, 7) is 3.77. The van der Waals surface area contributed by atoms with Gasteiger partial charge in [-0.3, -0.25) is 0 Å². The number of nitriles is 1. The zero-order chi connectivity index (χ0) is 19.4. The van der Waals surface area contributed by atoms with Gasteiger partial charge in [-0.1, -0.05) is 0 Å². The van der Waals surface area contributed by atoms with Crippen LogP contribution >= 0.6 is 0 Å². The monoisotopic (exact) mass is 354 g/mol. The fraction of sp³-hybridized carbons (Fsp3) is 0.105. The summed E-state index contributed by atoms with van der Waals surface area (Å²) in [5.41, 5.74) is 4.08. The molecule has 3 aromatic rings. The molecule has 0 aliphatic heterocycles. The van der Waals surface area contributed by atoms with Crippen molar-refractivity contribution in [3.05, 3.63) is 69.0 Å². The fourth-order valence-electron chi connectivity index (χ4n) is 2.60. The van der Waals surface area contributed by atoms with Gasteiger partial charge in [0.15, 0.2) is 0 Å². The van der Waals surface area contributed by atoms with Crippen molar-refractivity contribution in [2.45, 2.75) is 13.8 Å². The van der Waals surface area contributed by atoms with Gasteiger partial charge in [0.1, 0.15) is 0 Å². The second kappa shape index (κ2) is 7.60. The van der Waals surface area contributed by atoms with Crippen molar-refractivity contribution >= 4 is 30.5 Å². The Balaban J connectivity index is 1.89. The molecule has 0 spiro atoms. The number of benzene rings is 2. The Kier molecular flexibility index (Phi) is 5.07. The van der Waals surface area contributed by atoms with Gasteiger partial charge in [0.2, 0.25) is 0 Å². The molecule has 0 saturated carbocycles. The van der Waals surface area contributed by atoms with Gasteiger partial charge in [0.05, 0.1) is 11.6 Å². The molecule has 130 valence electrons. The molecule has 0 saturated heterocycles. The van der Waals surface area contributed by atoms with E-state index in [0.717, 1.165) is 22.4 Å². The SMILES string of the molecule is B#Cc1ccc(Nc2nc(Nc3c(C)cc(C#N)cc3C)n[nH]c2=O)cc1. The molecule has 0 amide bonds. The third kappa shape index (κ3) is 4.06. The number of aryl methyl sites for hydroxylation is 2. The molecule has 3 rings (SSSR count). The molecule has 0 radical (unpaired) electrons. The van der Waals surface area contributed by atoms with Crippen LogP contribution in [0.2, 0.25) is 0 Å². The van der Waals surface area contributed by atoms with E-state index >= 15 is 0 Å². The normalized spacial score (nSPS) is 10.0. The van der Waals surface area contributed by atoms with Crippen LogP contribution in [0.15, 0.2) is 41.2 Å².